The van der Waals surface area contributed by atoms with Gasteiger partial charge in [-0.2, -0.15) is 0 Å². The van der Waals surface area contributed by atoms with E-state index >= 15 is 0 Å². The lowest BCUT2D eigenvalue weighted by Crippen LogP contribution is -1.88. The van der Waals surface area contributed by atoms with Gasteiger partial charge in [0.05, 0.1) is 0 Å². The fourth-order valence-electron chi connectivity index (χ4n) is 7.49. The van der Waals surface area contributed by atoms with E-state index in [0.29, 0.717) is 0 Å². The van der Waals surface area contributed by atoms with Crippen LogP contribution >= 0.6 is 0 Å². The predicted octanol–water partition coefficient (Wildman–Crippen LogP) is 13.6. The van der Waals surface area contributed by atoms with Crippen LogP contribution in [-0.2, 0) is 0 Å². The van der Waals surface area contributed by atoms with Crippen LogP contribution in [0.2, 0.25) is 0 Å². The molecule has 0 fully saturated rings. The first kappa shape index (κ1) is 26.9. The molecule has 0 amide bonds. The van der Waals surface area contributed by atoms with Gasteiger partial charge in [0.15, 0.2) is 0 Å². The van der Waals surface area contributed by atoms with Crippen LogP contribution < -0.4 is 0 Å². The zero-order valence-corrected chi connectivity index (χ0v) is 26.3. The SMILES string of the molecule is c1ccc2cc3cc(-c4cc(-c5ccc6cc7ccccc7cc6c5)cc(-c5ccc6cc7ccccc7cc6c5)c4)ccc3cc2c1. The summed E-state index contributed by atoms with van der Waals surface area (Å²) in [6.07, 6.45) is 0. The fraction of sp³-hybridized carbons (Fsp3) is 0. The minimum atomic E-state index is 1.22. The monoisotopic (exact) mass is 606 g/mol. The number of hydrogen-bond acceptors (Lipinski definition) is 0. The van der Waals surface area contributed by atoms with Crippen molar-refractivity contribution >= 4 is 64.6 Å². The molecule has 48 heavy (non-hydrogen) atoms. The molecule has 0 aliphatic heterocycles. The smallest absolute Gasteiger partial charge is 0.0171 e. The molecule has 0 spiro atoms. The van der Waals surface area contributed by atoms with Crippen LogP contribution in [0.15, 0.2) is 182 Å². The maximum atomic E-state index is 2.36. The largest absolute Gasteiger partial charge is 0.0616 e. The van der Waals surface area contributed by atoms with Crippen molar-refractivity contribution < 1.29 is 0 Å². The van der Waals surface area contributed by atoms with Crippen molar-refractivity contribution in [3.63, 3.8) is 0 Å². The standard InChI is InChI=1S/C48H30/c1-4-10-34-22-43-25-40(16-13-37(43)19-31(34)7-1)46-28-47(41-17-14-38-20-32-8-2-5-11-35(32)23-44(38)26-41)30-48(29-46)42-18-15-39-21-33-9-3-6-12-36(33)24-45(39)27-42/h1-30H. The van der Waals surface area contributed by atoms with Gasteiger partial charge in [-0.1, -0.05) is 109 Å². The van der Waals surface area contributed by atoms with Crippen LogP contribution in [0.5, 0.6) is 0 Å². The average Bonchev–Trinajstić information content (AvgIpc) is 3.14. The molecule has 0 saturated carbocycles. The zero-order valence-electron chi connectivity index (χ0n) is 26.3. The first-order valence-electron chi connectivity index (χ1n) is 16.6. The molecule has 0 aliphatic rings. The minimum Gasteiger partial charge on any atom is -0.0616 e. The van der Waals surface area contributed by atoms with Gasteiger partial charge in [0.25, 0.3) is 0 Å². The molecule has 0 nitrogen and oxygen atoms in total. The van der Waals surface area contributed by atoms with Gasteiger partial charge in [-0.3, -0.25) is 0 Å². The molecule has 0 unspecified atom stereocenters. The Kier molecular flexibility index (Phi) is 5.98. The van der Waals surface area contributed by atoms with Crippen molar-refractivity contribution in [3.8, 4) is 33.4 Å². The summed E-state index contributed by atoms with van der Waals surface area (Å²) in [5.41, 5.74) is 7.32. The third-order valence-electron chi connectivity index (χ3n) is 10.0. The quantitative estimate of drug-likeness (QED) is 0.176. The summed E-state index contributed by atoms with van der Waals surface area (Å²) in [5, 5.41) is 15.2. The van der Waals surface area contributed by atoms with Crippen molar-refractivity contribution in [2.75, 3.05) is 0 Å². The normalized spacial score (nSPS) is 11.8. The molecule has 222 valence electrons. The van der Waals surface area contributed by atoms with E-state index in [4.69, 9.17) is 0 Å². The highest BCUT2D eigenvalue weighted by Crippen LogP contribution is 2.37. The summed E-state index contributed by atoms with van der Waals surface area (Å²) in [4.78, 5) is 0. The van der Waals surface area contributed by atoms with Crippen LogP contribution in [0.3, 0.4) is 0 Å². The topological polar surface area (TPSA) is 0 Å². The molecule has 10 rings (SSSR count). The van der Waals surface area contributed by atoms with E-state index in [1.54, 1.807) is 0 Å². The van der Waals surface area contributed by atoms with Crippen molar-refractivity contribution in [2.24, 2.45) is 0 Å². The number of rotatable bonds is 3. The Morgan fingerprint density at radius 1 is 0.146 bits per heavy atom. The first-order valence-corrected chi connectivity index (χ1v) is 16.6. The molecule has 0 N–H and O–H groups in total. The van der Waals surface area contributed by atoms with Crippen molar-refractivity contribution in [3.05, 3.63) is 182 Å². The van der Waals surface area contributed by atoms with E-state index in [1.807, 2.05) is 0 Å². The van der Waals surface area contributed by atoms with Crippen molar-refractivity contribution in [1.82, 2.24) is 0 Å². The number of fused-ring (bicyclic) bond motifs is 6. The minimum absolute atomic E-state index is 1.22. The van der Waals surface area contributed by atoms with E-state index in [9.17, 15) is 0 Å². The Balaban J connectivity index is 1.17. The maximum absolute atomic E-state index is 2.36. The van der Waals surface area contributed by atoms with Gasteiger partial charge in [-0.15, -0.1) is 0 Å². The average molecular weight is 607 g/mol. The second-order valence-electron chi connectivity index (χ2n) is 13.1. The Labute approximate surface area is 279 Å². The zero-order chi connectivity index (χ0) is 31.6. The van der Waals surface area contributed by atoms with Gasteiger partial charge in [-0.05, 0) is 171 Å². The summed E-state index contributed by atoms with van der Waals surface area (Å²) in [7, 11) is 0. The highest BCUT2D eigenvalue weighted by molar-refractivity contribution is 6.03. The summed E-state index contributed by atoms with van der Waals surface area (Å²) >= 11 is 0. The highest BCUT2D eigenvalue weighted by atomic mass is 14.2. The van der Waals surface area contributed by atoms with Gasteiger partial charge in [0.2, 0.25) is 0 Å². The van der Waals surface area contributed by atoms with Crippen LogP contribution in [0, 0.1) is 0 Å². The van der Waals surface area contributed by atoms with E-state index in [2.05, 4.69) is 182 Å². The van der Waals surface area contributed by atoms with Crippen LogP contribution in [0.25, 0.3) is 98.0 Å². The third kappa shape index (κ3) is 4.62. The fourth-order valence-corrected chi connectivity index (χ4v) is 7.49. The van der Waals surface area contributed by atoms with Crippen LogP contribution in [0.4, 0.5) is 0 Å². The van der Waals surface area contributed by atoms with Gasteiger partial charge < -0.3 is 0 Å². The first-order chi connectivity index (χ1) is 23.7. The van der Waals surface area contributed by atoms with Gasteiger partial charge >= 0.3 is 0 Å². The van der Waals surface area contributed by atoms with E-state index in [1.165, 1.54) is 98.0 Å². The second-order valence-corrected chi connectivity index (χ2v) is 13.1. The van der Waals surface area contributed by atoms with E-state index < -0.39 is 0 Å². The Morgan fingerprint density at radius 2 is 0.375 bits per heavy atom. The lowest BCUT2D eigenvalue weighted by molar-refractivity contribution is 1.59. The van der Waals surface area contributed by atoms with Gasteiger partial charge in [-0.25, -0.2) is 0 Å². The Hall–Kier alpha value is -6.24. The molecule has 0 aliphatic carbocycles. The molecule has 0 heteroatoms. The number of benzene rings is 10. The molecule has 10 aromatic carbocycles. The van der Waals surface area contributed by atoms with E-state index in [-0.39, 0.29) is 0 Å². The Morgan fingerprint density at radius 3 is 0.646 bits per heavy atom. The molecule has 0 bridgehead atoms. The predicted molar refractivity (Wildman–Crippen MR) is 208 cm³/mol. The molecular weight excluding hydrogens is 577 g/mol. The number of hydrogen-bond donors (Lipinski definition) is 0. The van der Waals surface area contributed by atoms with Crippen LogP contribution in [0.1, 0.15) is 0 Å². The molecule has 0 radical (unpaired) electrons. The van der Waals surface area contributed by atoms with Crippen molar-refractivity contribution in [2.45, 2.75) is 0 Å². The molecule has 10 aromatic rings. The maximum Gasteiger partial charge on any atom is -0.0171 e. The molecular formula is C48H30. The van der Waals surface area contributed by atoms with Crippen molar-refractivity contribution in [1.29, 1.82) is 0 Å². The van der Waals surface area contributed by atoms with E-state index in [0.717, 1.165) is 0 Å². The molecule has 0 atom stereocenters. The summed E-state index contributed by atoms with van der Waals surface area (Å²) < 4.78 is 0. The molecule has 0 heterocycles. The summed E-state index contributed by atoms with van der Waals surface area (Å²) in [5.74, 6) is 0. The summed E-state index contributed by atoms with van der Waals surface area (Å²) in [6, 6.07) is 67.5. The third-order valence-corrected chi connectivity index (χ3v) is 10.0. The lowest BCUT2D eigenvalue weighted by atomic mass is 9.90. The molecule has 0 aromatic heterocycles. The Bertz CT molecular complexity index is 2560. The van der Waals surface area contributed by atoms with Gasteiger partial charge in [0.1, 0.15) is 0 Å². The highest BCUT2D eigenvalue weighted by Gasteiger charge is 2.11. The van der Waals surface area contributed by atoms with Crippen LogP contribution in [-0.4, -0.2) is 0 Å². The molecule has 0 saturated heterocycles. The second kappa shape index (κ2) is 10.7. The van der Waals surface area contributed by atoms with Gasteiger partial charge in [0, 0.05) is 0 Å². The lowest BCUT2D eigenvalue weighted by Gasteiger charge is -2.14. The summed E-state index contributed by atoms with van der Waals surface area (Å²) in [6.45, 7) is 0.